The van der Waals surface area contributed by atoms with Crippen LogP contribution in [0.1, 0.15) is 0 Å². The molecule has 6 nitrogen and oxygen atoms in total. The van der Waals surface area contributed by atoms with E-state index in [1.54, 1.807) is 0 Å². The summed E-state index contributed by atoms with van der Waals surface area (Å²) in [6.45, 7) is -0.221. The van der Waals surface area contributed by atoms with Gasteiger partial charge in [-0.3, -0.25) is 0 Å². The summed E-state index contributed by atoms with van der Waals surface area (Å²) in [4.78, 5) is 5.15. The zero-order chi connectivity index (χ0) is 63.4. The van der Waals surface area contributed by atoms with Gasteiger partial charge in [0.25, 0.3) is 6.71 Å². The second kappa shape index (κ2) is 20.8. The lowest BCUT2D eigenvalue weighted by Gasteiger charge is -2.44. The fourth-order valence-electron chi connectivity index (χ4n) is 16.9. The molecule has 2 aliphatic rings. The third-order valence-electron chi connectivity index (χ3n) is 20.8. The molecule has 0 fully saturated rings. The summed E-state index contributed by atoms with van der Waals surface area (Å²) in [7, 11) is 0. The molecule has 0 radical (unpaired) electrons. The Morgan fingerprint density at radius 3 is 1.07 bits per heavy atom. The number of aromatic nitrogens is 4. The summed E-state index contributed by atoms with van der Waals surface area (Å²) in [6, 6.07) is 129. The minimum atomic E-state index is -0.221. The molecule has 0 saturated heterocycles. The van der Waals surface area contributed by atoms with Crippen molar-refractivity contribution in [1.29, 1.82) is 0 Å². The second-order valence-electron chi connectivity index (χ2n) is 25.9. The molecule has 0 aliphatic carbocycles. The Morgan fingerprint density at radius 1 is 0.196 bits per heavy atom. The summed E-state index contributed by atoms with van der Waals surface area (Å²) < 4.78 is 10.2. The van der Waals surface area contributed by atoms with Crippen LogP contribution in [0.5, 0.6) is 0 Å². The van der Waals surface area contributed by atoms with Gasteiger partial charge < -0.3 is 28.1 Å². The first-order chi connectivity index (χ1) is 48.2. The minimum absolute atomic E-state index is 0.221. The quantitative estimate of drug-likeness (QED) is 0.142. The van der Waals surface area contributed by atoms with E-state index in [-0.39, 0.29) is 6.71 Å². The second-order valence-corrected chi connectivity index (χ2v) is 25.9. The van der Waals surface area contributed by atoms with Crippen molar-refractivity contribution in [3.8, 4) is 45.0 Å². The summed E-state index contributed by atoms with van der Waals surface area (Å²) in [6.07, 6.45) is 0. The van der Waals surface area contributed by atoms with Crippen molar-refractivity contribution < 1.29 is 0 Å². The van der Waals surface area contributed by atoms with Crippen LogP contribution in [0, 0.1) is 0 Å². The first kappa shape index (κ1) is 53.6. The molecule has 0 saturated carbocycles. The molecule has 7 heteroatoms. The van der Waals surface area contributed by atoms with E-state index >= 15 is 0 Å². The molecule has 97 heavy (non-hydrogen) atoms. The van der Waals surface area contributed by atoms with Crippen molar-refractivity contribution >= 4 is 144 Å². The van der Waals surface area contributed by atoms with Crippen LogP contribution in [0.2, 0.25) is 0 Å². The monoisotopic (exact) mass is 1230 g/mol. The first-order valence-corrected chi connectivity index (χ1v) is 33.5. The van der Waals surface area contributed by atoms with Crippen molar-refractivity contribution in [3.05, 3.63) is 346 Å². The molecule has 0 unspecified atom stereocenters. The third kappa shape index (κ3) is 7.73. The lowest BCUT2D eigenvalue weighted by Crippen LogP contribution is -2.61. The van der Waals surface area contributed by atoms with E-state index in [1.807, 2.05) is 0 Å². The van der Waals surface area contributed by atoms with Gasteiger partial charge in [-0.15, -0.1) is 0 Å². The molecule has 4 aromatic heterocycles. The van der Waals surface area contributed by atoms with Crippen LogP contribution in [-0.4, -0.2) is 25.0 Å². The average molecular weight is 1230 g/mol. The van der Waals surface area contributed by atoms with Crippen LogP contribution in [0.25, 0.3) is 132 Å². The standard InChI is InChI=1S/C90H57BN6/c1-6-27-58(28-7-1)60-31-26-38-65(53-60)93-81-54-61(59-29-8-2-9-30-59)49-51-73(81)91-74-55-66(50-52-80(74)92(62-32-10-3-11-33-62)82-56-67(57-83(93)87(82)91)94-75-44-21-16-39-68(75)69-40-17-22-45-76(69)94)97-79-48-25-20-43-72(79)86-89-84(70-41-18-23-46-77(70)95(89)63-34-12-4-13-35-63)88-85(90(86)97)71-42-19-24-47-78(71)96(88)64-36-14-5-15-37-64/h1-57H. The smallest absolute Gasteiger partial charge is 0.252 e. The molecule has 0 N–H and O–H groups in total. The Hall–Kier alpha value is -12.8. The van der Waals surface area contributed by atoms with Crippen LogP contribution < -0.4 is 26.2 Å². The highest BCUT2D eigenvalue weighted by molar-refractivity contribution is 7.00. The van der Waals surface area contributed by atoms with Crippen molar-refractivity contribution in [3.63, 3.8) is 0 Å². The number of rotatable bonds is 8. The molecular weight excluding hydrogens is 1180 g/mol. The topological polar surface area (TPSA) is 26.2 Å². The summed E-state index contributed by atoms with van der Waals surface area (Å²) >= 11 is 0. The fourth-order valence-corrected chi connectivity index (χ4v) is 16.9. The molecule has 15 aromatic carbocycles. The van der Waals surface area contributed by atoms with E-state index in [4.69, 9.17) is 0 Å². The number of benzene rings is 15. The Balaban J connectivity index is 0.916. The van der Waals surface area contributed by atoms with Gasteiger partial charge >= 0.3 is 0 Å². The van der Waals surface area contributed by atoms with Crippen LogP contribution in [0.4, 0.5) is 34.1 Å². The van der Waals surface area contributed by atoms with Gasteiger partial charge in [-0.2, -0.15) is 0 Å². The van der Waals surface area contributed by atoms with Gasteiger partial charge in [0.1, 0.15) is 0 Å². The normalized spacial score (nSPS) is 12.7. The molecule has 0 bridgehead atoms. The highest BCUT2D eigenvalue weighted by atomic mass is 15.2. The van der Waals surface area contributed by atoms with E-state index in [0.717, 1.165) is 95.6 Å². The number of anilines is 6. The SMILES string of the molecule is c1ccc(-c2cccc(N3c4cc(-c5ccccc5)ccc4B4c5cc(-n6c7ccccc7c7c8c(c9ccccc9n8-c8ccccc8)c8c(c9ccccc9n8-c8ccccc8)c76)ccc5N(c5ccccc5)c5cc(-n6c7ccccc7c7ccccc76)cc3c54)c2)cc1. The molecule has 2 aliphatic heterocycles. The highest BCUT2D eigenvalue weighted by Gasteiger charge is 2.45. The van der Waals surface area contributed by atoms with Gasteiger partial charge in [-0.05, 0) is 154 Å². The minimum Gasteiger partial charge on any atom is -0.311 e. The molecule has 0 amide bonds. The maximum atomic E-state index is 2.62. The van der Waals surface area contributed by atoms with Crippen molar-refractivity contribution in [1.82, 2.24) is 18.3 Å². The molecule has 0 spiro atoms. The summed E-state index contributed by atoms with van der Waals surface area (Å²) in [5.74, 6) is 0. The van der Waals surface area contributed by atoms with Crippen molar-refractivity contribution in [2.75, 3.05) is 9.80 Å². The predicted molar refractivity (Wildman–Crippen MR) is 409 cm³/mol. The van der Waals surface area contributed by atoms with E-state index in [0.29, 0.717) is 0 Å². The lowest BCUT2D eigenvalue weighted by molar-refractivity contribution is 1.16. The van der Waals surface area contributed by atoms with Gasteiger partial charge in [0.2, 0.25) is 0 Å². The summed E-state index contributed by atoms with van der Waals surface area (Å²) in [5.41, 5.74) is 28.8. The van der Waals surface area contributed by atoms with Gasteiger partial charge in [-0.25, -0.2) is 0 Å². The molecule has 6 heterocycles. The lowest BCUT2D eigenvalue weighted by atomic mass is 9.33. The number of hydrogen-bond donors (Lipinski definition) is 0. The fraction of sp³-hybridized carbons (Fsp3) is 0. The van der Waals surface area contributed by atoms with Gasteiger partial charge in [0, 0.05) is 94.3 Å². The average Bonchev–Trinajstić information content (AvgIpc) is 1.57. The number of para-hydroxylation sites is 8. The van der Waals surface area contributed by atoms with Gasteiger partial charge in [-0.1, -0.05) is 231 Å². The Bertz CT molecular complexity index is 6320. The molecule has 450 valence electrons. The van der Waals surface area contributed by atoms with Crippen molar-refractivity contribution in [2.24, 2.45) is 0 Å². The van der Waals surface area contributed by atoms with Gasteiger partial charge in [0.15, 0.2) is 0 Å². The Morgan fingerprint density at radius 2 is 0.577 bits per heavy atom. The van der Waals surface area contributed by atoms with Gasteiger partial charge in [0.05, 0.1) is 49.8 Å². The summed E-state index contributed by atoms with van der Waals surface area (Å²) in [5, 5.41) is 9.71. The van der Waals surface area contributed by atoms with E-state index in [2.05, 4.69) is 374 Å². The number of nitrogens with zero attached hydrogens (tertiary/aromatic N) is 6. The molecular formula is C90H57BN6. The predicted octanol–water partition coefficient (Wildman–Crippen LogP) is 21.5. The molecule has 0 atom stereocenters. The number of hydrogen-bond acceptors (Lipinski definition) is 2. The largest absolute Gasteiger partial charge is 0.311 e. The molecule has 21 rings (SSSR count). The van der Waals surface area contributed by atoms with Crippen LogP contribution in [0.3, 0.4) is 0 Å². The first-order valence-electron chi connectivity index (χ1n) is 33.5. The van der Waals surface area contributed by atoms with E-state index in [1.165, 1.54) is 87.2 Å². The zero-order valence-corrected chi connectivity index (χ0v) is 52.7. The van der Waals surface area contributed by atoms with Crippen LogP contribution >= 0.6 is 0 Å². The van der Waals surface area contributed by atoms with Crippen molar-refractivity contribution in [2.45, 2.75) is 0 Å². The van der Waals surface area contributed by atoms with Crippen LogP contribution in [-0.2, 0) is 0 Å². The Labute approximate surface area is 559 Å². The van der Waals surface area contributed by atoms with Crippen LogP contribution in [0.15, 0.2) is 346 Å². The maximum absolute atomic E-state index is 2.62. The van der Waals surface area contributed by atoms with E-state index in [9.17, 15) is 0 Å². The zero-order valence-electron chi connectivity index (χ0n) is 52.7. The number of fused-ring (bicyclic) bond motifs is 19. The third-order valence-corrected chi connectivity index (χ3v) is 20.8. The highest BCUT2D eigenvalue weighted by Crippen LogP contribution is 2.52. The molecule has 19 aromatic rings. The maximum Gasteiger partial charge on any atom is 0.252 e. The Kier molecular flexibility index (Phi) is 11.5. The van der Waals surface area contributed by atoms with E-state index < -0.39 is 0 Å².